The van der Waals surface area contributed by atoms with Gasteiger partial charge in [-0.1, -0.05) is 34.1 Å². The second-order valence-electron chi connectivity index (χ2n) is 6.12. The van der Waals surface area contributed by atoms with Crippen molar-refractivity contribution in [2.45, 2.75) is 17.7 Å². The molecule has 0 aliphatic carbocycles. The van der Waals surface area contributed by atoms with E-state index in [2.05, 4.69) is 15.9 Å². The van der Waals surface area contributed by atoms with Crippen molar-refractivity contribution in [2.24, 2.45) is 0 Å². The Bertz CT molecular complexity index is 935. The average molecular weight is 441 g/mol. The molecule has 0 radical (unpaired) electrons. The molecule has 1 heterocycles. The molecule has 0 N–H and O–H groups in total. The Morgan fingerprint density at radius 2 is 1.96 bits per heavy atom. The first-order chi connectivity index (χ1) is 12.3. The summed E-state index contributed by atoms with van der Waals surface area (Å²) >= 11 is 3.26. The molecule has 0 saturated carbocycles. The number of aryl methyl sites for hydroxylation is 1. The summed E-state index contributed by atoms with van der Waals surface area (Å²) in [6.07, 6.45) is 1.37. The molecular weight excluding hydrogens is 423 g/mol. The van der Waals surface area contributed by atoms with Crippen LogP contribution in [0.5, 0.6) is 0 Å². The molecule has 138 valence electrons. The number of fused-ring (bicyclic) bond motifs is 1. The maximum atomic E-state index is 14.4. The standard InChI is InChI=1S/C18H18BrFN2O3S/c1-21(26(24,25)15-7-3-2-4-8-15)12-17(23)22-9-5-6-13-10-14(19)11-16(20)18(13)22/h2-4,7-8,10-11H,5-6,9,12H2,1H3. The van der Waals surface area contributed by atoms with Crippen LogP contribution in [0.15, 0.2) is 51.8 Å². The zero-order valence-corrected chi connectivity index (χ0v) is 16.6. The van der Waals surface area contributed by atoms with E-state index in [4.69, 9.17) is 0 Å². The number of carbonyl (C=O) groups is 1. The van der Waals surface area contributed by atoms with Crippen molar-refractivity contribution < 1.29 is 17.6 Å². The Morgan fingerprint density at radius 3 is 2.65 bits per heavy atom. The molecule has 1 aliphatic rings. The minimum atomic E-state index is -3.78. The van der Waals surface area contributed by atoms with Crippen LogP contribution < -0.4 is 4.90 Å². The lowest BCUT2D eigenvalue weighted by Gasteiger charge is -2.31. The molecule has 2 aromatic rings. The molecule has 5 nitrogen and oxygen atoms in total. The van der Waals surface area contributed by atoms with Crippen molar-refractivity contribution in [3.8, 4) is 0 Å². The predicted molar refractivity (Wildman–Crippen MR) is 101 cm³/mol. The van der Waals surface area contributed by atoms with Gasteiger partial charge in [0.25, 0.3) is 0 Å². The number of hydrogen-bond acceptors (Lipinski definition) is 3. The summed E-state index contributed by atoms with van der Waals surface area (Å²) in [6.45, 7) is 0.00970. The second-order valence-corrected chi connectivity index (χ2v) is 9.08. The van der Waals surface area contributed by atoms with Crippen LogP contribution in [-0.4, -0.2) is 38.8 Å². The van der Waals surface area contributed by atoms with Gasteiger partial charge in [-0.3, -0.25) is 4.79 Å². The van der Waals surface area contributed by atoms with Crippen molar-refractivity contribution in [1.29, 1.82) is 0 Å². The molecular formula is C18H18BrFN2O3S. The summed E-state index contributed by atoms with van der Waals surface area (Å²) in [5, 5.41) is 0. The van der Waals surface area contributed by atoms with Crippen LogP contribution in [0, 0.1) is 5.82 Å². The van der Waals surface area contributed by atoms with Crippen LogP contribution >= 0.6 is 15.9 Å². The van der Waals surface area contributed by atoms with Crippen LogP contribution in [-0.2, 0) is 21.2 Å². The molecule has 2 aromatic carbocycles. The Balaban J connectivity index is 1.84. The lowest BCUT2D eigenvalue weighted by atomic mass is 10.0. The number of carbonyl (C=O) groups excluding carboxylic acids is 1. The number of nitrogens with zero attached hydrogens (tertiary/aromatic N) is 2. The Morgan fingerprint density at radius 1 is 1.27 bits per heavy atom. The topological polar surface area (TPSA) is 57.7 Å². The van der Waals surface area contributed by atoms with Gasteiger partial charge in [-0.2, -0.15) is 4.31 Å². The van der Waals surface area contributed by atoms with Crippen LogP contribution in [0.4, 0.5) is 10.1 Å². The number of sulfonamides is 1. The molecule has 0 aromatic heterocycles. The lowest BCUT2D eigenvalue weighted by molar-refractivity contribution is -0.118. The highest BCUT2D eigenvalue weighted by molar-refractivity contribution is 9.10. The van der Waals surface area contributed by atoms with E-state index in [0.29, 0.717) is 23.9 Å². The maximum absolute atomic E-state index is 14.4. The van der Waals surface area contributed by atoms with Crippen molar-refractivity contribution in [2.75, 3.05) is 25.0 Å². The van der Waals surface area contributed by atoms with E-state index in [1.807, 2.05) is 0 Å². The first kappa shape index (κ1) is 19.0. The first-order valence-corrected chi connectivity index (χ1v) is 10.3. The van der Waals surface area contributed by atoms with Gasteiger partial charge in [0.2, 0.25) is 15.9 Å². The number of hydrogen-bond donors (Lipinski definition) is 0. The highest BCUT2D eigenvalue weighted by atomic mass is 79.9. The molecule has 0 atom stereocenters. The van der Waals surface area contributed by atoms with Crippen molar-refractivity contribution in [3.63, 3.8) is 0 Å². The molecule has 0 fully saturated rings. The fraction of sp³-hybridized carbons (Fsp3) is 0.278. The summed E-state index contributed by atoms with van der Waals surface area (Å²) in [5.41, 5.74) is 0.986. The van der Waals surface area contributed by atoms with Gasteiger partial charge in [0.1, 0.15) is 5.82 Å². The smallest absolute Gasteiger partial charge is 0.243 e. The first-order valence-electron chi connectivity index (χ1n) is 8.10. The minimum absolute atomic E-state index is 0.115. The number of likely N-dealkylation sites (N-methyl/N-ethyl adjacent to an activating group) is 1. The number of benzene rings is 2. The van der Waals surface area contributed by atoms with Crippen LogP contribution in [0.2, 0.25) is 0 Å². The van der Waals surface area contributed by atoms with E-state index in [1.54, 1.807) is 24.3 Å². The lowest BCUT2D eigenvalue weighted by Crippen LogP contribution is -2.43. The maximum Gasteiger partial charge on any atom is 0.243 e. The van der Waals surface area contributed by atoms with E-state index in [1.165, 1.54) is 30.1 Å². The van der Waals surface area contributed by atoms with Gasteiger partial charge >= 0.3 is 0 Å². The minimum Gasteiger partial charge on any atom is -0.308 e. The molecule has 1 amide bonds. The normalized spacial score (nSPS) is 14.4. The van der Waals surface area contributed by atoms with Gasteiger partial charge in [-0.15, -0.1) is 0 Å². The second kappa shape index (κ2) is 7.46. The number of anilines is 1. The third-order valence-corrected chi connectivity index (χ3v) is 6.59. The monoisotopic (exact) mass is 440 g/mol. The fourth-order valence-corrected chi connectivity index (χ4v) is 4.65. The third-order valence-electron chi connectivity index (χ3n) is 4.32. The van der Waals surface area contributed by atoms with Crippen LogP contribution in [0.3, 0.4) is 0 Å². The molecule has 1 aliphatic heterocycles. The summed E-state index contributed by atoms with van der Waals surface area (Å²) in [4.78, 5) is 14.2. The van der Waals surface area contributed by atoms with Crippen molar-refractivity contribution in [3.05, 3.63) is 58.3 Å². The molecule has 0 bridgehead atoms. The van der Waals surface area contributed by atoms with Gasteiger partial charge in [0, 0.05) is 18.1 Å². The molecule has 0 unspecified atom stereocenters. The zero-order chi connectivity index (χ0) is 18.9. The molecule has 8 heteroatoms. The molecule has 3 rings (SSSR count). The summed E-state index contributed by atoms with van der Waals surface area (Å²) in [6, 6.07) is 11.0. The average Bonchev–Trinajstić information content (AvgIpc) is 2.61. The van der Waals surface area contributed by atoms with Crippen LogP contribution in [0.1, 0.15) is 12.0 Å². The van der Waals surface area contributed by atoms with Crippen LogP contribution in [0.25, 0.3) is 0 Å². The van der Waals surface area contributed by atoms with E-state index >= 15 is 0 Å². The Kier molecular flexibility index (Phi) is 5.45. The van der Waals surface area contributed by atoms with E-state index in [0.717, 1.165) is 9.87 Å². The van der Waals surface area contributed by atoms with E-state index in [-0.39, 0.29) is 17.1 Å². The van der Waals surface area contributed by atoms with Gasteiger partial charge in [-0.25, -0.2) is 12.8 Å². The Hall–Kier alpha value is -1.77. The summed E-state index contributed by atoms with van der Waals surface area (Å²) < 4.78 is 41.2. The molecule has 26 heavy (non-hydrogen) atoms. The largest absolute Gasteiger partial charge is 0.308 e. The van der Waals surface area contributed by atoms with Gasteiger partial charge in [0.05, 0.1) is 17.1 Å². The zero-order valence-electron chi connectivity index (χ0n) is 14.2. The number of rotatable bonds is 4. The SMILES string of the molecule is CN(CC(=O)N1CCCc2cc(Br)cc(F)c21)S(=O)(=O)c1ccccc1. The van der Waals surface area contributed by atoms with E-state index in [9.17, 15) is 17.6 Å². The van der Waals surface area contributed by atoms with Gasteiger partial charge < -0.3 is 4.90 Å². The number of amides is 1. The fourth-order valence-electron chi connectivity index (χ4n) is 3.03. The quantitative estimate of drug-likeness (QED) is 0.733. The van der Waals surface area contributed by atoms with Crippen molar-refractivity contribution in [1.82, 2.24) is 4.31 Å². The highest BCUT2D eigenvalue weighted by Gasteiger charge is 2.30. The van der Waals surface area contributed by atoms with E-state index < -0.39 is 21.7 Å². The molecule has 0 saturated heterocycles. The van der Waals surface area contributed by atoms with Gasteiger partial charge in [-0.05, 0) is 42.7 Å². The van der Waals surface area contributed by atoms with Gasteiger partial charge in [0.15, 0.2) is 0 Å². The summed E-state index contributed by atoms with van der Waals surface area (Å²) in [7, 11) is -2.43. The molecule has 0 spiro atoms. The number of halogens is 2. The van der Waals surface area contributed by atoms with Crippen molar-refractivity contribution >= 4 is 37.5 Å². The highest BCUT2D eigenvalue weighted by Crippen LogP contribution is 2.33. The summed E-state index contributed by atoms with van der Waals surface area (Å²) in [5.74, 6) is -0.940. The third kappa shape index (κ3) is 3.67. The Labute approximate surface area is 160 Å². The predicted octanol–water partition coefficient (Wildman–Crippen LogP) is 3.19.